The Kier molecular flexibility index (Phi) is 2.68. The van der Waals surface area contributed by atoms with E-state index in [1.54, 1.807) is 0 Å². The second-order valence-corrected chi connectivity index (χ2v) is 4.91. The number of aromatic nitrogens is 2. The van der Waals surface area contributed by atoms with Crippen LogP contribution in [-0.2, 0) is 6.54 Å². The van der Waals surface area contributed by atoms with E-state index in [-0.39, 0.29) is 17.1 Å². The molecule has 1 aromatic heterocycles. The van der Waals surface area contributed by atoms with E-state index in [1.807, 2.05) is 6.92 Å². The summed E-state index contributed by atoms with van der Waals surface area (Å²) in [6.07, 6.45) is 0. The van der Waals surface area contributed by atoms with Gasteiger partial charge in [0.05, 0.1) is 16.0 Å². The molecule has 0 fully saturated rings. The second kappa shape index (κ2) is 4.27. The summed E-state index contributed by atoms with van der Waals surface area (Å²) in [5, 5.41) is 14.4. The zero-order chi connectivity index (χ0) is 14.4. The van der Waals surface area contributed by atoms with E-state index < -0.39 is 16.0 Å². The van der Waals surface area contributed by atoms with Crippen molar-refractivity contribution in [1.29, 1.82) is 0 Å². The molecule has 2 aromatic rings. The van der Waals surface area contributed by atoms with Gasteiger partial charge in [-0.05, 0) is 0 Å². The lowest BCUT2D eigenvalue weighted by molar-refractivity contribution is -0.385. The Labute approximate surface area is 112 Å². The molecule has 1 aliphatic rings. The van der Waals surface area contributed by atoms with Gasteiger partial charge in [0.1, 0.15) is 0 Å². The van der Waals surface area contributed by atoms with Crippen LogP contribution in [0.25, 0.3) is 11.0 Å². The number of nitrogens with one attached hydrogen (secondary N) is 3. The largest absolute Gasteiger partial charge is 0.316 e. The van der Waals surface area contributed by atoms with Crippen molar-refractivity contribution in [3.63, 3.8) is 0 Å². The average Bonchev–Trinajstić information content (AvgIpc) is 2.40. The van der Waals surface area contributed by atoms with Gasteiger partial charge in [0.2, 0.25) is 0 Å². The molecule has 3 rings (SSSR count). The van der Waals surface area contributed by atoms with Gasteiger partial charge in [-0.1, -0.05) is 6.92 Å². The second-order valence-electron chi connectivity index (χ2n) is 4.91. The van der Waals surface area contributed by atoms with Crippen LogP contribution in [0.2, 0.25) is 0 Å². The number of H-pyrrole nitrogens is 2. The van der Waals surface area contributed by atoms with E-state index in [1.165, 1.54) is 6.07 Å². The topological polar surface area (TPSA) is 121 Å². The van der Waals surface area contributed by atoms with Crippen molar-refractivity contribution in [2.45, 2.75) is 19.4 Å². The lowest BCUT2D eigenvalue weighted by atomic mass is 9.89. The maximum atomic E-state index is 11.5. The molecule has 8 heteroatoms. The molecule has 0 saturated heterocycles. The quantitative estimate of drug-likeness (QED) is 0.394. The molecular formula is C12H12N4O4. The molecule has 8 nitrogen and oxygen atoms in total. The molecule has 2 heterocycles. The van der Waals surface area contributed by atoms with E-state index in [2.05, 4.69) is 15.3 Å². The number of fused-ring (bicyclic) bond motifs is 3. The number of benzene rings is 1. The molecule has 20 heavy (non-hydrogen) atoms. The molecule has 0 spiro atoms. The summed E-state index contributed by atoms with van der Waals surface area (Å²) in [6, 6.07) is 1.31. The molecule has 1 aliphatic heterocycles. The normalized spacial score (nSPS) is 17.9. The Morgan fingerprint density at radius 2 is 2.00 bits per heavy atom. The van der Waals surface area contributed by atoms with E-state index in [0.717, 1.165) is 0 Å². The monoisotopic (exact) mass is 276 g/mol. The fourth-order valence-electron chi connectivity index (χ4n) is 2.73. The van der Waals surface area contributed by atoms with Crippen molar-refractivity contribution in [1.82, 2.24) is 15.3 Å². The lowest BCUT2D eigenvalue weighted by Gasteiger charge is -2.24. The van der Waals surface area contributed by atoms with Gasteiger partial charge in [-0.15, -0.1) is 0 Å². The maximum absolute atomic E-state index is 11.5. The molecule has 0 bridgehead atoms. The van der Waals surface area contributed by atoms with Gasteiger partial charge >= 0.3 is 11.1 Å². The standard InChI is InChI=1S/C12H12N4O4/c1-5-3-13-4-6-9(5)8(16(19)20)2-7-10(6)15-12(18)11(17)14-7/h2,5,13H,3-4H2,1H3,(H,14,17)(H,15,18). The van der Waals surface area contributed by atoms with E-state index in [9.17, 15) is 19.7 Å². The first-order valence-corrected chi connectivity index (χ1v) is 6.16. The first kappa shape index (κ1) is 12.5. The van der Waals surface area contributed by atoms with Crippen molar-refractivity contribution >= 4 is 16.7 Å². The smallest absolute Gasteiger partial charge is 0.314 e. The zero-order valence-electron chi connectivity index (χ0n) is 10.6. The van der Waals surface area contributed by atoms with Gasteiger partial charge in [0.25, 0.3) is 5.69 Å². The number of aromatic amines is 2. The number of rotatable bonds is 1. The first-order chi connectivity index (χ1) is 9.49. The molecular weight excluding hydrogens is 264 g/mol. The Balaban J connectivity index is 2.49. The van der Waals surface area contributed by atoms with Crippen LogP contribution >= 0.6 is 0 Å². The van der Waals surface area contributed by atoms with Gasteiger partial charge in [-0.3, -0.25) is 19.7 Å². The number of hydrogen-bond donors (Lipinski definition) is 3. The van der Waals surface area contributed by atoms with Crippen LogP contribution < -0.4 is 16.4 Å². The van der Waals surface area contributed by atoms with Crippen molar-refractivity contribution in [3.8, 4) is 0 Å². The summed E-state index contributed by atoms with van der Waals surface area (Å²) in [7, 11) is 0. The summed E-state index contributed by atoms with van der Waals surface area (Å²) in [5.41, 5.74) is 0.412. The van der Waals surface area contributed by atoms with Crippen LogP contribution in [-0.4, -0.2) is 21.4 Å². The summed E-state index contributed by atoms with van der Waals surface area (Å²) in [6.45, 7) is 2.93. The van der Waals surface area contributed by atoms with Gasteiger partial charge < -0.3 is 15.3 Å². The third-order valence-corrected chi connectivity index (χ3v) is 3.59. The fourth-order valence-corrected chi connectivity index (χ4v) is 2.73. The number of nitro benzene ring substituents is 1. The molecule has 3 N–H and O–H groups in total. The minimum atomic E-state index is -0.816. The van der Waals surface area contributed by atoms with Crippen LogP contribution in [0.4, 0.5) is 5.69 Å². The highest BCUT2D eigenvalue weighted by Gasteiger charge is 2.28. The van der Waals surface area contributed by atoms with Gasteiger partial charge in [0, 0.05) is 36.2 Å². The molecule has 0 radical (unpaired) electrons. The van der Waals surface area contributed by atoms with Gasteiger partial charge in [-0.25, -0.2) is 0 Å². The molecule has 0 saturated carbocycles. The summed E-state index contributed by atoms with van der Waals surface area (Å²) in [5.74, 6) is -0.0426. The molecule has 104 valence electrons. The Morgan fingerprint density at radius 1 is 1.30 bits per heavy atom. The van der Waals surface area contributed by atoms with Crippen LogP contribution in [0.3, 0.4) is 0 Å². The average molecular weight is 276 g/mol. The fraction of sp³-hybridized carbons (Fsp3) is 0.333. The minimum Gasteiger partial charge on any atom is -0.316 e. The third kappa shape index (κ3) is 1.73. The summed E-state index contributed by atoms with van der Waals surface area (Å²) < 4.78 is 0. The van der Waals surface area contributed by atoms with E-state index >= 15 is 0 Å². The Morgan fingerprint density at radius 3 is 2.70 bits per heavy atom. The van der Waals surface area contributed by atoms with Crippen LogP contribution in [0.1, 0.15) is 24.0 Å². The first-order valence-electron chi connectivity index (χ1n) is 6.16. The Hall–Kier alpha value is -2.48. The van der Waals surface area contributed by atoms with Gasteiger partial charge in [0.15, 0.2) is 0 Å². The highest BCUT2D eigenvalue weighted by Crippen LogP contribution is 2.35. The van der Waals surface area contributed by atoms with Crippen molar-refractivity contribution in [2.75, 3.05) is 6.54 Å². The number of nitro groups is 1. The summed E-state index contributed by atoms with van der Waals surface area (Å²) >= 11 is 0. The van der Waals surface area contributed by atoms with Crippen molar-refractivity contribution < 1.29 is 4.92 Å². The SMILES string of the molecule is CC1CNCc2c1c([N+](=O)[O-])cc1[nH]c(=O)c(=O)[nH]c21. The highest BCUT2D eigenvalue weighted by atomic mass is 16.6. The number of hydrogen-bond acceptors (Lipinski definition) is 5. The van der Waals surface area contributed by atoms with Crippen molar-refractivity contribution in [2.24, 2.45) is 0 Å². The molecule has 1 atom stereocenters. The van der Waals surface area contributed by atoms with Gasteiger partial charge in [-0.2, -0.15) is 0 Å². The molecule has 1 unspecified atom stereocenters. The van der Waals surface area contributed by atoms with E-state index in [0.29, 0.717) is 29.7 Å². The highest BCUT2D eigenvalue weighted by molar-refractivity contribution is 5.83. The molecule has 0 amide bonds. The zero-order valence-corrected chi connectivity index (χ0v) is 10.6. The van der Waals surface area contributed by atoms with Crippen LogP contribution in [0.5, 0.6) is 0 Å². The number of nitrogens with zero attached hydrogens (tertiary/aromatic N) is 1. The summed E-state index contributed by atoms with van der Waals surface area (Å²) in [4.78, 5) is 38.5. The Bertz CT molecular complexity index is 836. The van der Waals surface area contributed by atoms with E-state index in [4.69, 9.17) is 0 Å². The predicted octanol–water partition coefficient (Wildman–Crippen LogP) is 0.331. The van der Waals surface area contributed by atoms with Crippen LogP contribution in [0, 0.1) is 10.1 Å². The molecule has 1 aromatic carbocycles. The maximum Gasteiger partial charge on any atom is 0.314 e. The van der Waals surface area contributed by atoms with Crippen molar-refractivity contribution in [3.05, 3.63) is 48.0 Å². The lowest BCUT2D eigenvalue weighted by Crippen LogP contribution is -2.32. The third-order valence-electron chi connectivity index (χ3n) is 3.59. The minimum absolute atomic E-state index is 0.0239. The van der Waals surface area contributed by atoms with Crippen LogP contribution in [0.15, 0.2) is 15.7 Å². The molecule has 0 aliphatic carbocycles. The predicted molar refractivity (Wildman–Crippen MR) is 72.0 cm³/mol.